The number of nitrogens with zero attached hydrogens (tertiary/aromatic N) is 5. The maximum absolute atomic E-state index is 8.67. The summed E-state index contributed by atoms with van der Waals surface area (Å²) in [7, 11) is 0. The van der Waals surface area contributed by atoms with E-state index in [0.717, 1.165) is 24.5 Å². The highest BCUT2D eigenvalue weighted by molar-refractivity contribution is 7.99. The van der Waals surface area contributed by atoms with Gasteiger partial charge in [-0.2, -0.15) is 26.7 Å². The van der Waals surface area contributed by atoms with E-state index in [1.165, 1.54) is 0 Å². The van der Waals surface area contributed by atoms with Crippen molar-refractivity contribution in [2.75, 3.05) is 30.0 Å². The summed E-state index contributed by atoms with van der Waals surface area (Å²) in [4.78, 5) is 16.3. The van der Waals surface area contributed by atoms with Crippen molar-refractivity contribution >= 4 is 29.3 Å². The van der Waals surface area contributed by atoms with Gasteiger partial charge in [0.2, 0.25) is 17.2 Å². The van der Waals surface area contributed by atoms with Crippen LogP contribution in [0.2, 0.25) is 5.28 Å². The maximum Gasteiger partial charge on any atom is 0.241 e. The van der Waals surface area contributed by atoms with Crippen molar-refractivity contribution in [1.82, 2.24) is 24.5 Å². The Morgan fingerprint density at radius 1 is 1.30 bits per heavy atom. The summed E-state index contributed by atoms with van der Waals surface area (Å²) in [6, 6.07) is 0. The summed E-state index contributed by atoms with van der Waals surface area (Å²) in [6.45, 7) is 0.956. The quantitative estimate of drug-likeness (QED) is 0.708. The number of aromatic nitrogens is 5. The van der Waals surface area contributed by atoms with Gasteiger partial charge in [-0.05, 0) is 23.8 Å². The fourth-order valence-electron chi connectivity index (χ4n) is 1.42. The average molecular weight is 315 g/mol. The Bertz CT molecular complexity index is 524. The number of hydrogen-bond donors (Lipinski definition) is 2. The van der Waals surface area contributed by atoms with Crippen molar-refractivity contribution in [3.8, 4) is 5.95 Å². The first-order chi connectivity index (χ1) is 9.79. The number of halogens is 1. The van der Waals surface area contributed by atoms with Gasteiger partial charge in [0, 0.05) is 31.3 Å². The fraction of sp³-hybridized carbons (Fsp3) is 0.455. The summed E-state index contributed by atoms with van der Waals surface area (Å²) >= 11 is 7.64. The van der Waals surface area contributed by atoms with Crippen LogP contribution in [0, 0.1) is 0 Å². The van der Waals surface area contributed by atoms with Gasteiger partial charge in [0.05, 0.1) is 0 Å². The number of nitrogens with one attached hydrogen (secondary N) is 1. The van der Waals surface area contributed by atoms with Crippen LogP contribution in [-0.2, 0) is 0 Å². The van der Waals surface area contributed by atoms with E-state index in [-0.39, 0.29) is 11.9 Å². The van der Waals surface area contributed by atoms with Gasteiger partial charge in [-0.15, -0.1) is 0 Å². The van der Waals surface area contributed by atoms with Crippen molar-refractivity contribution in [1.29, 1.82) is 0 Å². The van der Waals surface area contributed by atoms with Crippen molar-refractivity contribution in [3.63, 3.8) is 0 Å². The van der Waals surface area contributed by atoms with Crippen LogP contribution >= 0.6 is 23.4 Å². The molecule has 2 aromatic heterocycles. The number of imidazole rings is 1. The highest BCUT2D eigenvalue weighted by Crippen LogP contribution is 2.09. The molecule has 0 aromatic carbocycles. The molecule has 0 amide bonds. The molecule has 0 radical (unpaired) electrons. The van der Waals surface area contributed by atoms with E-state index in [0.29, 0.717) is 11.9 Å². The Balaban J connectivity index is 1.88. The van der Waals surface area contributed by atoms with Crippen LogP contribution in [0.3, 0.4) is 0 Å². The summed E-state index contributed by atoms with van der Waals surface area (Å²) in [6.07, 6.45) is 5.79. The van der Waals surface area contributed by atoms with Crippen LogP contribution in [0.5, 0.6) is 0 Å². The Kier molecular flexibility index (Phi) is 6.03. The fourth-order valence-corrected chi connectivity index (χ4v) is 2.35. The lowest BCUT2D eigenvalue weighted by atomic mass is 10.5. The van der Waals surface area contributed by atoms with E-state index in [1.807, 2.05) is 0 Å². The normalized spacial score (nSPS) is 10.7. The first kappa shape index (κ1) is 15.0. The lowest BCUT2D eigenvalue weighted by Crippen LogP contribution is -2.11. The van der Waals surface area contributed by atoms with Gasteiger partial charge >= 0.3 is 0 Å². The number of rotatable bonds is 8. The zero-order chi connectivity index (χ0) is 14.2. The summed E-state index contributed by atoms with van der Waals surface area (Å²) < 4.78 is 1.66. The van der Waals surface area contributed by atoms with Gasteiger partial charge in [0.15, 0.2) is 0 Å². The van der Waals surface area contributed by atoms with Gasteiger partial charge < -0.3 is 10.4 Å². The standard InChI is InChI=1S/C11H15ClN6OS/c12-9-15-10(14-3-7-20-6-1-5-19)17-11(16-9)18-4-2-13-8-18/h2,4,8,19H,1,3,5-7H2,(H,14,15,16,17). The highest BCUT2D eigenvalue weighted by atomic mass is 35.5. The van der Waals surface area contributed by atoms with Crippen LogP contribution < -0.4 is 5.32 Å². The summed E-state index contributed by atoms with van der Waals surface area (Å²) in [5.74, 6) is 2.72. The third-order valence-corrected chi connectivity index (χ3v) is 3.55. The number of thioether (sulfide) groups is 1. The topological polar surface area (TPSA) is 88.8 Å². The van der Waals surface area contributed by atoms with Gasteiger partial charge in [-0.3, -0.25) is 4.57 Å². The molecule has 9 heteroatoms. The predicted octanol–water partition coefficient (Wildman–Crippen LogP) is 1.24. The van der Waals surface area contributed by atoms with Crippen molar-refractivity contribution < 1.29 is 5.11 Å². The lowest BCUT2D eigenvalue weighted by Gasteiger charge is -2.06. The second-order valence-corrected chi connectivity index (χ2v) is 5.38. The van der Waals surface area contributed by atoms with Crippen LogP contribution in [0.15, 0.2) is 18.7 Å². The first-order valence-corrected chi connectivity index (χ1v) is 7.65. The van der Waals surface area contributed by atoms with E-state index in [9.17, 15) is 0 Å². The number of hydrogen-bond acceptors (Lipinski definition) is 7. The van der Waals surface area contributed by atoms with Crippen molar-refractivity contribution in [2.45, 2.75) is 6.42 Å². The molecule has 0 saturated carbocycles. The van der Waals surface area contributed by atoms with Crippen LogP contribution in [0.25, 0.3) is 5.95 Å². The van der Waals surface area contributed by atoms with E-state index in [2.05, 4.69) is 25.3 Å². The average Bonchev–Trinajstić information content (AvgIpc) is 2.96. The molecule has 2 heterocycles. The molecule has 0 spiro atoms. The molecule has 0 bridgehead atoms. The van der Waals surface area contributed by atoms with Crippen LogP contribution in [-0.4, -0.2) is 54.3 Å². The maximum atomic E-state index is 8.67. The van der Waals surface area contributed by atoms with E-state index < -0.39 is 0 Å². The second kappa shape index (κ2) is 8.03. The molecule has 7 nitrogen and oxygen atoms in total. The zero-order valence-corrected chi connectivity index (χ0v) is 12.3. The molecular weight excluding hydrogens is 300 g/mol. The van der Waals surface area contributed by atoms with E-state index in [1.54, 1.807) is 35.0 Å². The Morgan fingerprint density at radius 3 is 2.95 bits per heavy atom. The molecule has 0 aliphatic rings. The highest BCUT2D eigenvalue weighted by Gasteiger charge is 2.06. The van der Waals surface area contributed by atoms with Gasteiger partial charge in [0.25, 0.3) is 0 Å². The van der Waals surface area contributed by atoms with Gasteiger partial charge in [-0.25, -0.2) is 4.98 Å². The molecule has 108 valence electrons. The Hall–Kier alpha value is -1.38. The molecule has 0 saturated heterocycles. The van der Waals surface area contributed by atoms with Crippen molar-refractivity contribution in [3.05, 3.63) is 24.0 Å². The molecular formula is C11H15ClN6OS. The summed E-state index contributed by atoms with van der Waals surface area (Å²) in [5, 5.41) is 11.9. The number of aliphatic hydroxyl groups excluding tert-OH is 1. The number of anilines is 1. The first-order valence-electron chi connectivity index (χ1n) is 6.12. The monoisotopic (exact) mass is 314 g/mol. The van der Waals surface area contributed by atoms with Crippen LogP contribution in [0.4, 0.5) is 5.95 Å². The van der Waals surface area contributed by atoms with Crippen molar-refractivity contribution in [2.24, 2.45) is 0 Å². The second-order valence-electron chi connectivity index (χ2n) is 3.81. The molecule has 0 atom stereocenters. The minimum Gasteiger partial charge on any atom is -0.396 e. The molecule has 0 aliphatic heterocycles. The zero-order valence-electron chi connectivity index (χ0n) is 10.7. The molecule has 2 rings (SSSR count). The smallest absolute Gasteiger partial charge is 0.241 e. The predicted molar refractivity (Wildman–Crippen MR) is 79.5 cm³/mol. The third-order valence-electron chi connectivity index (χ3n) is 2.31. The SMILES string of the molecule is OCCCSCCNc1nc(Cl)nc(-n2ccnc2)n1. The lowest BCUT2D eigenvalue weighted by molar-refractivity contribution is 0.296. The molecule has 2 N–H and O–H groups in total. The minimum absolute atomic E-state index is 0.138. The van der Waals surface area contributed by atoms with Crippen LogP contribution in [0.1, 0.15) is 6.42 Å². The molecule has 0 fully saturated rings. The number of aliphatic hydroxyl groups is 1. The Morgan fingerprint density at radius 2 is 2.20 bits per heavy atom. The summed E-state index contributed by atoms with van der Waals surface area (Å²) in [5.41, 5.74) is 0. The Labute approximate surface area is 125 Å². The van der Waals surface area contributed by atoms with E-state index in [4.69, 9.17) is 16.7 Å². The van der Waals surface area contributed by atoms with Gasteiger partial charge in [-0.1, -0.05) is 0 Å². The van der Waals surface area contributed by atoms with E-state index >= 15 is 0 Å². The molecule has 20 heavy (non-hydrogen) atoms. The molecule has 2 aromatic rings. The largest absolute Gasteiger partial charge is 0.396 e. The van der Waals surface area contributed by atoms with Gasteiger partial charge in [0.1, 0.15) is 6.33 Å². The third kappa shape index (κ3) is 4.62. The molecule has 0 aliphatic carbocycles. The minimum atomic E-state index is 0.138. The molecule has 0 unspecified atom stereocenters.